The summed E-state index contributed by atoms with van der Waals surface area (Å²) in [6.45, 7) is 0.876. The van der Waals surface area contributed by atoms with Gasteiger partial charge in [0.25, 0.3) is 0 Å². The molecule has 1 aliphatic carbocycles. The number of carboxylic acid groups (broad SMARTS) is 1. The lowest BCUT2D eigenvalue weighted by molar-refractivity contribution is 0.0702. The van der Waals surface area contributed by atoms with Crippen LogP contribution in [0.5, 0.6) is 0 Å². The molecule has 0 amide bonds. The average Bonchev–Trinajstić information content (AvgIpc) is 2.85. The van der Waals surface area contributed by atoms with E-state index in [1.165, 1.54) is 30.4 Å². The Morgan fingerprint density at radius 1 is 1.80 bits per heavy atom. The van der Waals surface area contributed by atoms with Gasteiger partial charge in [0.1, 0.15) is 4.88 Å². The summed E-state index contributed by atoms with van der Waals surface area (Å²) in [5.41, 5.74) is 0. The standard InChI is InChI=1S/C9H12N2O2S2/c1-14-9(2-3-9)5-11-8-10-4-6(15-8)7(12)13/h4H,2-3,5H2,1H3,(H,10,11)(H,12,13). The van der Waals surface area contributed by atoms with Gasteiger partial charge in [0.05, 0.1) is 6.20 Å². The monoisotopic (exact) mass is 244 g/mol. The van der Waals surface area contributed by atoms with Gasteiger partial charge in [0, 0.05) is 11.3 Å². The average molecular weight is 244 g/mol. The van der Waals surface area contributed by atoms with Crippen molar-refractivity contribution in [2.45, 2.75) is 17.6 Å². The van der Waals surface area contributed by atoms with Crippen molar-refractivity contribution in [3.05, 3.63) is 11.1 Å². The number of carboxylic acids is 1. The van der Waals surface area contributed by atoms with Gasteiger partial charge in [-0.05, 0) is 19.1 Å². The van der Waals surface area contributed by atoms with Crippen LogP contribution in [0.4, 0.5) is 5.13 Å². The van der Waals surface area contributed by atoms with E-state index in [1.54, 1.807) is 0 Å². The van der Waals surface area contributed by atoms with Crippen molar-refractivity contribution in [2.24, 2.45) is 0 Å². The normalized spacial score (nSPS) is 17.4. The van der Waals surface area contributed by atoms with Crippen LogP contribution < -0.4 is 5.32 Å². The lowest BCUT2D eigenvalue weighted by atomic mass is 10.4. The third kappa shape index (κ3) is 2.43. The zero-order valence-electron chi connectivity index (χ0n) is 8.32. The predicted octanol–water partition coefficient (Wildman–Crippen LogP) is 2.15. The Bertz CT molecular complexity index is 374. The summed E-state index contributed by atoms with van der Waals surface area (Å²) >= 11 is 3.06. The fourth-order valence-electron chi connectivity index (χ4n) is 1.28. The second kappa shape index (κ2) is 4.02. The summed E-state index contributed by atoms with van der Waals surface area (Å²) in [6, 6.07) is 0. The lowest BCUT2D eigenvalue weighted by Crippen LogP contribution is -2.17. The van der Waals surface area contributed by atoms with Crippen LogP contribution >= 0.6 is 23.1 Å². The highest BCUT2D eigenvalue weighted by Gasteiger charge is 2.41. The zero-order valence-corrected chi connectivity index (χ0v) is 9.95. The molecule has 0 saturated heterocycles. The van der Waals surface area contributed by atoms with Crippen molar-refractivity contribution in [1.82, 2.24) is 4.98 Å². The Morgan fingerprint density at radius 3 is 3.00 bits per heavy atom. The molecule has 0 bridgehead atoms. The summed E-state index contributed by atoms with van der Waals surface area (Å²) < 4.78 is 0.370. The molecule has 15 heavy (non-hydrogen) atoms. The topological polar surface area (TPSA) is 62.2 Å². The number of nitrogens with zero attached hydrogens (tertiary/aromatic N) is 1. The molecule has 1 aromatic rings. The van der Waals surface area contributed by atoms with E-state index in [2.05, 4.69) is 16.6 Å². The molecule has 1 fully saturated rings. The number of aromatic carboxylic acids is 1. The lowest BCUT2D eigenvalue weighted by Gasteiger charge is -2.11. The van der Waals surface area contributed by atoms with E-state index < -0.39 is 5.97 Å². The Kier molecular flexibility index (Phi) is 2.88. The van der Waals surface area contributed by atoms with Gasteiger partial charge in [-0.3, -0.25) is 0 Å². The van der Waals surface area contributed by atoms with E-state index in [9.17, 15) is 4.79 Å². The molecule has 2 N–H and O–H groups in total. The predicted molar refractivity (Wildman–Crippen MR) is 63.0 cm³/mol. The number of aromatic nitrogens is 1. The molecule has 4 nitrogen and oxygen atoms in total. The minimum absolute atomic E-state index is 0.284. The maximum absolute atomic E-state index is 10.6. The van der Waals surface area contributed by atoms with Crippen molar-refractivity contribution in [3.63, 3.8) is 0 Å². The second-order valence-electron chi connectivity index (χ2n) is 3.58. The first-order valence-electron chi connectivity index (χ1n) is 4.63. The molecule has 0 unspecified atom stereocenters. The van der Waals surface area contributed by atoms with E-state index in [1.807, 2.05) is 11.8 Å². The first kappa shape index (κ1) is 10.8. The van der Waals surface area contributed by atoms with Gasteiger partial charge in [0.15, 0.2) is 5.13 Å². The highest BCUT2D eigenvalue weighted by atomic mass is 32.2. The molecule has 0 aromatic carbocycles. The van der Waals surface area contributed by atoms with E-state index in [0.29, 0.717) is 9.88 Å². The largest absolute Gasteiger partial charge is 0.477 e. The third-order valence-corrected chi connectivity index (χ3v) is 4.88. The summed E-state index contributed by atoms with van der Waals surface area (Å²) in [6.07, 6.45) is 5.98. The fraction of sp³-hybridized carbons (Fsp3) is 0.556. The molecular weight excluding hydrogens is 232 g/mol. The molecule has 1 aromatic heterocycles. The molecule has 1 saturated carbocycles. The SMILES string of the molecule is CSC1(CNc2ncc(C(=O)O)s2)CC1. The van der Waals surface area contributed by atoms with E-state index in [4.69, 9.17) is 5.11 Å². The minimum atomic E-state index is -0.911. The second-order valence-corrected chi connectivity index (χ2v) is 5.88. The van der Waals surface area contributed by atoms with Crippen molar-refractivity contribution in [1.29, 1.82) is 0 Å². The number of thioether (sulfide) groups is 1. The van der Waals surface area contributed by atoms with Crippen LogP contribution in [0.25, 0.3) is 0 Å². The van der Waals surface area contributed by atoms with Crippen molar-refractivity contribution in [3.8, 4) is 0 Å². The van der Waals surface area contributed by atoms with Crippen LogP contribution in [-0.2, 0) is 0 Å². The molecular formula is C9H12N2O2S2. The van der Waals surface area contributed by atoms with E-state index in [0.717, 1.165) is 6.54 Å². The fourth-order valence-corrected chi connectivity index (χ4v) is 2.66. The van der Waals surface area contributed by atoms with Gasteiger partial charge in [0.2, 0.25) is 0 Å². The highest BCUT2D eigenvalue weighted by Crippen LogP contribution is 2.47. The van der Waals surface area contributed by atoms with Gasteiger partial charge < -0.3 is 10.4 Å². The van der Waals surface area contributed by atoms with Crippen LogP contribution in [-0.4, -0.2) is 33.6 Å². The van der Waals surface area contributed by atoms with Crippen molar-refractivity contribution >= 4 is 34.2 Å². The first-order chi connectivity index (χ1) is 7.15. The molecule has 0 spiro atoms. The van der Waals surface area contributed by atoms with Gasteiger partial charge in [-0.2, -0.15) is 11.8 Å². The molecule has 0 radical (unpaired) electrons. The van der Waals surface area contributed by atoms with Gasteiger partial charge >= 0.3 is 5.97 Å². The molecule has 6 heteroatoms. The Balaban J connectivity index is 1.91. The summed E-state index contributed by atoms with van der Waals surface area (Å²) in [4.78, 5) is 14.9. The zero-order chi connectivity index (χ0) is 10.9. The van der Waals surface area contributed by atoms with Crippen LogP contribution in [0.3, 0.4) is 0 Å². The van der Waals surface area contributed by atoms with E-state index in [-0.39, 0.29) is 4.88 Å². The summed E-state index contributed by atoms with van der Waals surface area (Å²) in [7, 11) is 0. The number of rotatable bonds is 5. The molecule has 82 valence electrons. The number of nitrogens with one attached hydrogen (secondary N) is 1. The Morgan fingerprint density at radius 2 is 2.53 bits per heavy atom. The molecule has 1 heterocycles. The molecule has 0 aliphatic heterocycles. The van der Waals surface area contributed by atoms with Gasteiger partial charge in [-0.15, -0.1) is 0 Å². The first-order valence-corrected chi connectivity index (χ1v) is 6.67. The molecule has 1 aliphatic rings. The summed E-state index contributed by atoms with van der Waals surface area (Å²) in [5.74, 6) is -0.911. The number of carbonyl (C=O) groups is 1. The third-order valence-electron chi connectivity index (χ3n) is 2.52. The van der Waals surface area contributed by atoms with Crippen molar-refractivity contribution in [2.75, 3.05) is 18.1 Å². The Labute approximate surface area is 96.1 Å². The smallest absolute Gasteiger partial charge is 0.347 e. The Hall–Kier alpha value is -0.750. The van der Waals surface area contributed by atoms with Crippen molar-refractivity contribution < 1.29 is 9.90 Å². The molecule has 2 rings (SSSR count). The van der Waals surface area contributed by atoms with Gasteiger partial charge in [-0.1, -0.05) is 11.3 Å². The van der Waals surface area contributed by atoms with Crippen LogP contribution in [0.2, 0.25) is 0 Å². The minimum Gasteiger partial charge on any atom is -0.477 e. The van der Waals surface area contributed by atoms with Gasteiger partial charge in [-0.25, -0.2) is 9.78 Å². The van der Waals surface area contributed by atoms with Crippen LogP contribution in [0.15, 0.2) is 6.20 Å². The maximum Gasteiger partial charge on any atom is 0.347 e. The number of hydrogen-bond acceptors (Lipinski definition) is 5. The number of anilines is 1. The number of thiazole rings is 1. The highest BCUT2D eigenvalue weighted by molar-refractivity contribution is 8.00. The quantitative estimate of drug-likeness (QED) is 0.831. The van der Waals surface area contributed by atoms with E-state index >= 15 is 0 Å². The number of hydrogen-bond donors (Lipinski definition) is 2. The van der Waals surface area contributed by atoms with Crippen LogP contribution in [0, 0.1) is 0 Å². The maximum atomic E-state index is 10.6. The van der Waals surface area contributed by atoms with Crippen LogP contribution in [0.1, 0.15) is 22.5 Å². The molecule has 0 atom stereocenters. The summed E-state index contributed by atoms with van der Waals surface area (Å²) in [5, 5.41) is 12.6.